The highest BCUT2D eigenvalue weighted by Crippen LogP contribution is 2.23. The smallest absolute Gasteiger partial charge is 0.312 e. The van der Waals surface area contributed by atoms with E-state index >= 15 is 0 Å². The highest BCUT2D eigenvalue weighted by Gasteiger charge is 2.17. The van der Waals surface area contributed by atoms with E-state index in [4.69, 9.17) is 0 Å². The number of thiophene rings is 1. The van der Waals surface area contributed by atoms with E-state index in [1.54, 1.807) is 6.07 Å². The second-order valence-electron chi connectivity index (χ2n) is 5.80. The van der Waals surface area contributed by atoms with Crippen molar-refractivity contribution in [1.29, 1.82) is 0 Å². The average Bonchev–Trinajstić information content (AvgIpc) is 2.97. The molecule has 0 amide bonds. The highest BCUT2D eigenvalue weighted by atomic mass is 32.1. The first-order chi connectivity index (χ1) is 10.2. The van der Waals surface area contributed by atoms with E-state index in [-0.39, 0.29) is 9.92 Å². The van der Waals surface area contributed by atoms with E-state index in [9.17, 15) is 10.1 Å². The molecule has 2 rings (SSSR count). The molecule has 1 aliphatic rings. The van der Waals surface area contributed by atoms with E-state index in [0.717, 1.165) is 37.0 Å². The van der Waals surface area contributed by atoms with Gasteiger partial charge in [0.15, 0.2) is 0 Å². The fourth-order valence-corrected chi connectivity index (χ4v) is 3.72. The van der Waals surface area contributed by atoms with Gasteiger partial charge in [0.05, 0.1) is 4.92 Å². The van der Waals surface area contributed by atoms with E-state index < -0.39 is 0 Å². The van der Waals surface area contributed by atoms with Gasteiger partial charge in [-0.25, -0.2) is 0 Å². The van der Waals surface area contributed by atoms with Crippen LogP contribution in [0, 0.1) is 10.1 Å². The van der Waals surface area contributed by atoms with E-state index in [1.165, 1.54) is 43.4 Å². The first-order valence-electron chi connectivity index (χ1n) is 7.81. The van der Waals surface area contributed by atoms with Crippen LogP contribution in [0.5, 0.6) is 0 Å². The van der Waals surface area contributed by atoms with Gasteiger partial charge in [0, 0.05) is 23.5 Å². The van der Waals surface area contributed by atoms with Crippen molar-refractivity contribution in [2.24, 2.45) is 0 Å². The standard InChI is InChI=1S/C15H25N3O2S/c1-17(13-6-3-2-4-7-13)11-5-10-16-12-14-8-9-15(21-14)18(19)20/h8-9,13,16H,2-7,10-12H2,1H3. The van der Waals surface area contributed by atoms with Crippen LogP contribution in [-0.4, -0.2) is 36.0 Å². The Bertz CT molecular complexity index is 444. The summed E-state index contributed by atoms with van der Waals surface area (Å²) in [6.45, 7) is 2.82. The van der Waals surface area contributed by atoms with Gasteiger partial charge in [-0.2, -0.15) is 0 Å². The summed E-state index contributed by atoms with van der Waals surface area (Å²) in [7, 11) is 2.23. The van der Waals surface area contributed by atoms with Crippen LogP contribution in [-0.2, 0) is 6.54 Å². The Kier molecular flexibility index (Phi) is 6.60. The summed E-state index contributed by atoms with van der Waals surface area (Å²) in [6, 6.07) is 4.20. The Hall–Kier alpha value is -0.980. The van der Waals surface area contributed by atoms with Crippen molar-refractivity contribution in [1.82, 2.24) is 10.2 Å². The molecular weight excluding hydrogens is 286 g/mol. The zero-order valence-corrected chi connectivity index (χ0v) is 13.5. The van der Waals surface area contributed by atoms with Crippen molar-refractivity contribution in [3.63, 3.8) is 0 Å². The van der Waals surface area contributed by atoms with E-state index in [0.29, 0.717) is 0 Å². The molecule has 0 bridgehead atoms. The van der Waals surface area contributed by atoms with Crippen molar-refractivity contribution in [3.05, 3.63) is 27.1 Å². The summed E-state index contributed by atoms with van der Waals surface area (Å²) < 4.78 is 0. The van der Waals surface area contributed by atoms with Gasteiger partial charge in [-0.15, -0.1) is 0 Å². The maximum absolute atomic E-state index is 10.6. The number of hydrogen-bond acceptors (Lipinski definition) is 5. The van der Waals surface area contributed by atoms with Gasteiger partial charge < -0.3 is 10.2 Å². The van der Waals surface area contributed by atoms with Gasteiger partial charge in [-0.05, 0) is 45.5 Å². The second kappa shape index (κ2) is 8.46. The Balaban J connectivity index is 1.57. The molecule has 1 aromatic heterocycles. The topological polar surface area (TPSA) is 58.4 Å². The number of nitrogens with zero attached hydrogens (tertiary/aromatic N) is 2. The van der Waals surface area contributed by atoms with Crippen molar-refractivity contribution < 1.29 is 4.92 Å². The Morgan fingerprint density at radius 2 is 2.14 bits per heavy atom. The van der Waals surface area contributed by atoms with Crippen LogP contribution < -0.4 is 5.32 Å². The molecule has 1 N–H and O–H groups in total. The minimum Gasteiger partial charge on any atom is -0.312 e. The van der Waals surface area contributed by atoms with Gasteiger partial charge in [0.1, 0.15) is 0 Å². The molecular formula is C15H25N3O2S. The van der Waals surface area contributed by atoms with Gasteiger partial charge in [0.2, 0.25) is 0 Å². The third-order valence-electron chi connectivity index (χ3n) is 4.19. The van der Waals surface area contributed by atoms with Gasteiger partial charge in [-0.1, -0.05) is 30.6 Å². The Morgan fingerprint density at radius 1 is 1.38 bits per heavy atom. The predicted molar refractivity (Wildman–Crippen MR) is 86.8 cm³/mol. The predicted octanol–water partition coefficient (Wildman–Crippen LogP) is 3.40. The molecule has 1 heterocycles. The molecule has 0 aromatic carbocycles. The molecule has 0 radical (unpaired) electrons. The highest BCUT2D eigenvalue weighted by molar-refractivity contribution is 7.15. The fourth-order valence-electron chi connectivity index (χ4n) is 2.93. The second-order valence-corrected chi connectivity index (χ2v) is 6.95. The summed E-state index contributed by atoms with van der Waals surface area (Å²) in [4.78, 5) is 13.8. The van der Waals surface area contributed by atoms with Gasteiger partial charge >= 0.3 is 5.00 Å². The van der Waals surface area contributed by atoms with Crippen molar-refractivity contribution in [3.8, 4) is 0 Å². The van der Waals surface area contributed by atoms with Gasteiger partial charge in [0.25, 0.3) is 0 Å². The van der Waals surface area contributed by atoms with Crippen LogP contribution in [0.1, 0.15) is 43.4 Å². The molecule has 1 aliphatic carbocycles. The summed E-state index contributed by atoms with van der Waals surface area (Å²) >= 11 is 1.26. The number of rotatable bonds is 8. The molecule has 0 saturated heterocycles. The molecule has 118 valence electrons. The normalized spacial score (nSPS) is 16.5. The molecule has 0 unspecified atom stereocenters. The molecule has 5 nitrogen and oxygen atoms in total. The van der Waals surface area contributed by atoms with Crippen LogP contribution in [0.3, 0.4) is 0 Å². The average molecular weight is 311 g/mol. The molecule has 0 aliphatic heterocycles. The van der Waals surface area contributed by atoms with E-state index in [2.05, 4.69) is 17.3 Å². The van der Waals surface area contributed by atoms with Crippen LogP contribution in [0.2, 0.25) is 0 Å². The first-order valence-corrected chi connectivity index (χ1v) is 8.62. The zero-order valence-electron chi connectivity index (χ0n) is 12.7. The van der Waals surface area contributed by atoms with Crippen LogP contribution >= 0.6 is 11.3 Å². The number of nitro groups is 1. The quantitative estimate of drug-likeness (QED) is 0.454. The van der Waals surface area contributed by atoms with Crippen LogP contribution in [0.15, 0.2) is 12.1 Å². The molecule has 1 fully saturated rings. The molecule has 1 aromatic rings. The lowest BCUT2D eigenvalue weighted by molar-refractivity contribution is -0.380. The largest absolute Gasteiger partial charge is 0.324 e. The molecule has 0 atom stereocenters. The third kappa shape index (κ3) is 5.37. The molecule has 1 saturated carbocycles. The van der Waals surface area contributed by atoms with Crippen molar-refractivity contribution >= 4 is 16.3 Å². The number of hydrogen-bond donors (Lipinski definition) is 1. The monoisotopic (exact) mass is 311 g/mol. The minimum atomic E-state index is -0.326. The van der Waals surface area contributed by atoms with Crippen molar-refractivity contribution in [2.75, 3.05) is 20.1 Å². The lowest BCUT2D eigenvalue weighted by atomic mass is 9.94. The first kappa shape index (κ1) is 16.4. The van der Waals surface area contributed by atoms with Crippen LogP contribution in [0.4, 0.5) is 5.00 Å². The minimum absolute atomic E-state index is 0.226. The SMILES string of the molecule is CN(CCCNCc1ccc([N+](=O)[O-])s1)C1CCCCC1. The maximum atomic E-state index is 10.6. The Labute approximate surface area is 130 Å². The molecule has 21 heavy (non-hydrogen) atoms. The maximum Gasteiger partial charge on any atom is 0.324 e. The Morgan fingerprint density at radius 3 is 2.81 bits per heavy atom. The summed E-state index contributed by atoms with van der Waals surface area (Å²) in [6.07, 6.45) is 7.99. The summed E-state index contributed by atoms with van der Waals surface area (Å²) in [5, 5.41) is 14.2. The van der Waals surface area contributed by atoms with Crippen molar-refractivity contribution in [2.45, 2.75) is 51.1 Å². The summed E-state index contributed by atoms with van der Waals surface area (Å²) in [5.74, 6) is 0. The van der Waals surface area contributed by atoms with E-state index in [1.807, 2.05) is 6.07 Å². The molecule has 0 spiro atoms. The zero-order chi connectivity index (χ0) is 15.1. The number of nitrogens with one attached hydrogen (secondary N) is 1. The summed E-state index contributed by atoms with van der Waals surface area (Å²) in [5.41, 5.74) is 0. The lowest BCUT2D eigenvalue weighted by Gasteiger charge is -2.31. The fraction of sp³-hybridized carbons (Fsp3) is 0.733. The lowest BCUT2D eigenvalue weighted by Crippen LogP contribution is -2.35. The molecule has 6 heteroatoms. The van der Waals surface area contributed by atoms with Crippen LogP contribution in [0.25, 0.3) is 0 Å². The van der Waals surface area contributed by atoms with Gasteiger partial charge in [-0.3, -0.25) is 10.1 Å². The third-order valence-corrected chi connectivity index (χ3v) is 5.23.